The average molecular weight is 140 g/mol. The maximum Gasteiger partial charge on any atom is 0.0903 e. The fourth-order valence-corrected chi connectivity index (χ4v) is 1.35. The molecule has 9 heavy (non-hydrogen) atoms. The number of rotatable bonds is 2. The first-order valence-electron chi connectivity index (χ1n) is 2.68. The van der Waals surface area contributed by atoms with E-state index in [0.29, 0.717) is 6.42 Å². The quantitative estimate of drug-likeness (QED) is 0.625. The van der Waals surface area contributed by atoms with Gasteiger partial charge in [-0.15, -0.1) is 11.3 Å². The van der Waals surface area contributed by atoms with Crippen LogP contribution in [-0.4, -0.2) is 5.11 Å². The number of hydrogen-bond acceptors (Lipinski definition) is 2. The zero-order valence-corrected chi connectivity index (χ0v) is 5.82. The van der Waals surface area contributed by atoms with Gasteiger partial charge >= 0.3 is 0 Å². The zero-order valence-electron chi connectivity index (χ0n) is 5.00. The summed E-state index contributed by atoms with van der Waals surface area (Å²) in [7, 11) is 0. The summed E-state index contributed by atoms with van der Waals surface area (Å²) in [5.74, 6) is 0.234. The standard InChI is InChI=1S/C7H8OS/c1-6(8)5-7-3-2-4-9-7/h2-4,8H,1,5H2. The van der Waals surface area contributed by atoms with Crippen molar-refractivity contribution < 1.29 is 5.11 Å². The second-order valence-corrected chi connectivity index (χ2v) is 2.85. The molecular weight excluding hydrogens is 132 g/mol. The van der Waals surface area contributed by atoms with Crippen LogP contribution in [0.4, 0.5) is 0 Å². The molecule has 0 fully saturated rings. The molecule has 1 rings (SSSR count). The van der Waals surface area contributed by atoms with Gasteiger partial charge < -0.3 is 5.11 Å². The lowest BCUT2D eigenvalue weighted by Gasteiger charge is -1.90. The molecule has 0 aliphatic carbocycles. The Bertz CT molecular complexity index is 189. The molecule has 0 aliphatic rings. The molecule has 1 heterocycles. The average Bonchev–Trinajstić information content (AvgIpc) is 2.15. The van der Waals surface area contributed by atoms with Crippen molar-refractivity contribution in [3.05, 3.63) is 34.7 Å². The molecular formula is C7H8OS. The van der Waals surface area contributed by atoms with E-state index in [1.807, 2.05) is 17.5 Å². The van der Waals surface area contributed by atoms with Crippen molar-refractivity contribution in [1.29, 1.82) is 0 Å². The summed E-state index contributed by atoms with van der Waals surface area (Å²) in [4.78, 5) is 1.16. The van der Waals surface area contributed by atoms with Crippen LogP contribution < -0.4 is 0 Å². The molecule has 0 unspecified atom stereocenters. The summed E-state index contributed by atoms with van der Waals surface area (Å²) in [6.45, 7) is 3.39. The topological polar surface area (TPSA) is 20.2 Å². The highest BCUT2D eigenvalue weighted by Gasteiger charge is 1.92. The molecule has 0 bridgehead atoms. The molecule has 0 saturated heterocycles. The van der Waals surface area contributed by atoms with Gasteiger partial charge in [-0.3, -0.25) is 0 Å². The van der Waals surface area contributed by atoms with E-state index >= 15 is 0 Å². The Morgan fingerprint density at radius 1 is 1.78 bits per heavy atom. The van der Waals surface area contributed by atoms with Crippen LogP contribution in [0, 0.1) is 0 Å². The summed E-state index contributed by atoms with van der Waals surface area (Å²) in [5, 5.41) is 10.7. The van der Waals surface area contributed by atoms with Gasteiger partial charge in [0.05, 0.1) is 5.76 Å². The third-order valence-electron chi connectivity index (χ3n) is 0.958. The predicted molar refractivity (Wildman–Crippen MR) is 39.8 cm³/mol. The van der Waals surface area contributed by atoms with Crippen LogP contribution in [0.25, 0.3) is 0 Å². The fraction of sp³-hybridized carbons (Fsp3) is 0.143. The maximum absolute atomic E-state index is 8.74. The summed E-state index contributed by atoms with van der Waals surface area (Å²) in [5.41, 5.74) is 0. The Labute approximate surface area is 58.3 Å². The van der Waals surface area contributed by atoms with Crippen LogP contribution in [0.2, 0.25) is 0 Å². The van der Waals surface area contributed by atoms with Gasteiger partial charge in [-0.25, -0.2) is 0 Å². The Kier molecular flexibility index (Phi) is 1.90. The molecule has 0 spiro atoms. The van der Waals surface area contributed by atoms with E-state index in [1.54, 1.807) is 11.3 Å². The molecule has 0 amide bonds. The van der Waals surface area contributed by atoms with E-state index in [9.17, 15) is 0 Å². The highest BCUT2D eigenvalue weighted by Crippen LogP contribution is 2.11. The molecule has 1 aromatic heterocycles. The molecule has 0 saturated carbocycles. The van der Waals surface area contributed by atoms with E-state index in [-0.39, 0.29) is 5.76 Å². The number of thiophene rings is 1. The maximum atomic E-state index is 8.74. The Morgan fingerprint density at radius 2 is 2.56 bits per heavy atom. The number of hydrogen-bond donors (Lipinski definition) is 1. The highest BCUT2D eigenvalue weighted by atomic mass is 32.1. The Morgan fingerprint density at radius 3 is 3.00 bits per heavy atom. The normalized spacial score (nSPS) is 9.33. The fourth-order valence-electron chi connectivity index (χ4n) is 0.614. The summed E-state index contributed by atoms with van der Waals surface area (Å²) < 4.78 is 0. The van der Waals surface area contributed by atoms with Gasteiger partial charge in [-0.2, -0.15) is 0 Å². The van der Waals surface area contributed by atoms with Gasteiger partial charge in [-0.1, -0.05) is 12.6 Å². The molecule has 1 nitrogen and oxygen atoms in total. The lowest BCUT2D eigenvalue weighted by atomic mass is 10.3. The first-order valence-corrected chi connectivity index (χ1v) is 3.56. The van der Waals surface area contributed by atoms with Crippen molar-refractivity contribution in [3.8, 4) is 0 Å². The minimum absolute atomic E-state index is 0.234. The summed E-state index contributed by atoms with van der Waals surface area (Å²) >= 11 is 1.63. The third-order valence-corrected chi connectivity index (χ3v) is 1.83. The SMILES string of the molecule is C=C(O)Cc1cccs1. The van der Waals surface area contributed by atoms with E-state index in [4.69, 9.17) is 5.11 Å². The second kappa shape index (κ2) is 2.69. The lowest BCUT2D eigenvalue weighted by molar-refractivity contribution is 0.402. The van der Waals surface area contributed by atoms with Gasteiger partial charge in [0, 0.05) is 11.3 Å². The Hall–Kier alpha value is -0.760. The smallest absolute Gasteiger partial charge is 0.0903 e. The van der Waals surface area contributed by atoms with Gasteiger partial charge in [0.1, 0.15) is 0 Å². The largest absolute Gasteiger partial charge is 0.513 e. The van der Waals surface area contributed by atoms with Gasteiger partial charge in [0.15, 0.2) is 0 Å². The van der Waals surface area contributed by atoms with Crippen LogP contribution in [0.15, 0.2) is 29.9 Å². The molecule has 0 atom stereocenters. The minimum Gasteiger partial charge on any atom is -0.513 e. The van der Waals surface area contributed by atoms with Crippen molar-refractivity contribution in [2.75, 3.05) is 0 Å². The Balaban J connectivity index is 2.58. The second-order valence-electron chi connectivity index (χ2n) is 1.82. The van der Waals surface area contributed by atoms with Crippen LogP contribution in [0.1, 0.15) is 4.88 Å². The zero-order chi connectivity index (χ0) is 6.69. The molecule has 0 aromatic carbocycles. The van der Waals surface area contributed by atoms with Crippen molar-refractivity contribution in [1.82, 2.24) is 0 Å². The van der Waals surface area contributed by atoms with Gasteiger partial charge in [0.25, 0.3) is 0 Å². The van der Waals surface area contributed by atoms with Crippen LogP contribution >= 0.6 is 11.3 Å². The van der Waals surface area contributed by atoms with E-state index in [1.165, 1.54) is 0 Å². The van der Waals surface area contributed by atoms with Crippen LogP contribution in [0.5, 0.6) is 0 Å². The summed E-state index contributed by atoms with van der Waals surface area (Å²) in [6, 6.07) is 3.94. The molecule has 1 aromatic rings. The van der Waals surface area contributed by atoms with Crippen molar-refractivity contribution >= 4 is 11.3 Å². The predicted octanol–water partition coefficient (Wildman–Crippen LogP) is 2.36. The highest BCUT2D eigenvalue weighted by molar-refractivity contribution is 7.09. The van der Waals surface area contributed by atoms with E-state index in [0.717, 1.165) is 4.88 Å². The van der Waals surface area contributed by atoms with Crippen LogP contribution in [0.3, 0.4) is 0 Å². The number of aliphatic hydroxyl groups is 1. The van der Waals surface area contributed by atoms with Gasteiger partial charge in [0.2, 0.25) is 0 Å². The van der Waals surface area contributed by atoms with Gasteiger partial charge in [-0.05, 0) is 11.4 Å². The van der Waals surface area contributed by atoms with E-state index < -0.39 is 0 Å². The molecule has 2 heteroatoms. The first-order chi connectivity index (χ1) is 4.29. The van der Waals surface area contributed by atoms with Crippen molar-refractivity contribution in [2.45, 2.75) is 6.42 Å². The molecule has 48 valence electrons. The van der Waals surface area contributed by atoms with Crippen molar-refractivity contribution in [2.24, 2.45) is 0 Å². The minimum atomic E-state index is 0.234. The molecule has 0 aliphatic heterocycles. The lowest BCUT2D eigenvalue weighted by Crippen LogP contribution is -1.81. The van der Waals surface area contributed by atoms with E-state index in [2.05, 4.69) is 6.58 Å². The monoisotopic (exact) mass is 140 g/mol. The molecule has 1 N–H and O–H groups in total. The first kappa shape index (κ1) is 6.36. The molecule has 0 radical (unpaired) electrons. The van der Waals surface area contributed by atoms with Crippen LogP contribution in [-0.2, 0) is 6.42 Å². The third kappa shape index (κ3) is 1.90. The number of aliphatic hydroxyl groups excluding tert-OH is 1. The van der Waals surface area contributed by atoms with Crippen molar-refractivity contribution in [3.63, 3.8) is 0 Å². The number of allylic oxidation sites excluding steroid dienone is 1. The summed E-state index contributed by atoms with van der Waals surface area (Å²) in [6.07, 6.45) is 0.595.